The molecule has 0 spiro atoms. The third kappa shape index (κ3) is 2.60. The highest BCUT2D eigenvalue weighted by atomic mass is 15.1. The summed E-state index contributed by atoms with van der Waals surface area (Å²) < 4.78 is 0. The number of amidine groups is 1. The van der Waals surface area contributed by atoms with Gasteiger partial charge in [0.05, 0.1) is 5.69 Å². The highest BCUT2D eigenvalue weighted by Gasteiger charge is 2.14. The summed E-state index contributed by atoms with van der Waals surface area (Å²) in [5, 5.41) is 7.71. The third-order valence-electron chi connectivity index (χ3n) is 3.21. The highest BCUT2D eigenvalue weighted by molar-refractivity contribution is 6.01. The Morgan fingerprint density at radius 3 is 2.21 bits per heavy atom. The topological polar surface area (TPSA) is 53.1 Å². The molecule has 0 bridgehead atoms. The largest absolute Gasteiger partial charge is 0.384 e. The van der Waals surface area contributed by atoms with Crippen molar-refractivity contribution in [2.75, 3.05) is 11.4 Å². The molecule has 0 aromatic heterocycles. The van der Waals surface area contributed by atoms with E-state index >= 15 is 0 Å². The quantitative estimate of drug-likeness (QED) is 0.648. The van der Waals surface area contributed by atoms with Gasteiger partial charge in [0.15, 0.2) is 0 Å². The first kappa shape index (κ1) is 13.1. The van der Waals surface area contributed by atoms with E-state index in [4.69, 9.17) is 11.1 Å². The molecule has 2 aromatic rings. The summed E-state index contributed by atoms with van der Waals surface area (Å²) in [6, 6.07) is 16.0. The fourth-order valence-electron chi connectivity index (χ4n) is 2.27. The van der Waals surface area contributed by atoms with E-state index in [0.717, 1.165) is 23.5 Å². The van der Waals surface area contributed by atoms with Crippen LogP contribution < -0.4 is 10.6 Å². The molecule has 0 saturated heterocycles. The summed E-state index contributed by atoms with van der Waals surface area (Å²) in [5.74, 6) is 0.0997. The normalized spacial score (nSPS) is 10.2. The van der Waals surface area contributed by atoms with Gasteiger partial charge in [0.2, 0.25) is 0 Å². The number of nitrogens with zero attached hydrogens (tertiary/aromatic N) is 1. The standard InChI is InChI=1S/C16H19N3/c1-3-19(14-10-6-4-8-12(14)2)15-11-7-5-9-13(15)16(17)18/h4-11H,3H2,1-2H3,(H3,17,18). The van der Waals surface area contributed by atoms with Gasteiger partial charge in [-0.2, -0.15) is 0 Å². The average Bonchev–Trinajstić information content (AvgIpc) is 2.42. The van der Waals surface area contributed by atoms with E-state index in [-0.39, 0.29) is 5.84 Å². The molecule has 0 amide bonds. The number of benzene rings is 2. The second-order valence-corrected chi connectivity index (χ2v) is 4.46. The van der Waals surface area contributed by atoms with Crippen LogP contribution in [0.1, 0.15) is 18.1 Å². The number of aryl methyl sites for hydroxylation is 1. The lowest BCUT2D eigenvalue weighted by Crippen LogP contribution is -2.22. The van der Waals surface area contributed by atoms with Gasteiger partial charge in [-0.05, 0) is 37.6 Å². The molecule has 3 nitrogen and oxygen atoms in total. The van der Waals surface area contributed by atoms with Crippen LogP contribution in [0.25, 0.3) is 0 Å². The summed E-state index contributed by atoms with van der Waals surface area (Å²) >= 11 is 0. The Hall–Kier alpha value is -2.29. The van der Waals surface area contributed by atoms with Crippen molar-refractivity contribution in [1.82, 2.24) is 0 Å². The minimum absolute atomic E-state index is 0.0997. The van der Waals surface area contributed by atoms with Crippen molar-refractivity contribution in [2.24, 2.45) is 5.73 Å². The van der Waals surface area contributed by atoms with Gasteiger partial charge in [0.25, 0.3) is 0 Å². The number of anilines is 2. The smallest absolute Gasteiger partial charge is 0.124 e. The van der Waals surface area contributed by atoms with E-state index in [9.17, 15) is 0 Å². The molecule has 0 radical (unpaired) electrons. The predicted molar refractivity (Wildman–Crippen MR) is 81.3 cm³/mol. The molecule has 19 heavy (non-hydrogen) atoms. The molecular formula is C16H19N3. The zero-order valence-corrected chi connectivity index (χ0v) is 11.4. The van der Waals surface area contributed by atoms with Crippen LogP contribution in [-0.2, 0) is 0 Å². The number of hydrogen-bond donors (Lipinski definition) is 2. The van der Waals surface area contributed by atoms with E-state index in [1.165, 1.54) is 5.56 Å². The van der Waals surface area contributed by atoms with Crippen LogP contribution >= 0.6 is 0 Å². The van der Waals surface area contributed by atoms with Crippen molar-refractivity contribution in [2.45, 2.75) is 13.8 Å². The molecule has 2 aromatic carbocycles. The van der Waals surface area contributed by atoms with Gasteiger partial charge in [0, 0.05) is 17.8 Å². The van der Waals surface area contributed by atoms with Crippen LogP contribution in [0.15, 0.2) is 48.5 Å². The number of para-hydroxylation sites is 2. The summed E-state index contributed by atoms with van der Waals surface area (Å²) in [6.07, 6.45) is 0. The predicted octanol–water partition coefficient (Wildman–Crippen LogP) is 3.44. The van der Waals surface area contributed by atoms with E-state index in [1.54, 1.807) is 0 Å². The minimum Gasteiger partial charge on any atom is -0.384 e. The number of rotatable bonds is 4. The van der Waals surface area contributed by atoms with Crippen LogP contribution in [0.5, 0.6) is 0 Å². The molecule has 0 unspecified atom stereocenters. The second kappa shape index (κ2) is 5.57. The van der Waals surface area contributed by atoms with Crippen molar-refractivity contribution < 1.29 is 0 Å². The Morgan fingerprint density at radius 2 is 1.63 bits per heavy atom. The van der Waals surface area contributed by atoms with Gasteiger partial charge < -0.3 is 10.6 Å². The first-order valence-electron chi connectivity index (χ1n) is 6.41. The highest BCUT2D eigenvalue weighted by Crippen LogP contribution is 2.30. The minimum atomic E-state index is 0.0997. The number of nitrogen functional groups attached to an aromatic ring is 1. The zero-order chi connectivity index (χ0) is 13.8. The summed E-state index contributed by atoms with van der Waals surface area (Å²) in [6.45, 7) is 5.02. The van der Waals surface area contributed by atoms with Gasteiger partial charge in [-0.3, -0.25) is 5.41 Å². The molecule has 0 fully saturated rings. The van der Waals surface area contributed by atoms with Gasteiger partial charge in [-0.1, -0.05) is 30.3 Å². The monoisotopic (exact) mass is 253 g/mol. The van der Waals surface area contributed by atoms with E-state index < -0.39 is 0 Å². The number of hydrogen-bond acceptors (Lipinski definition) is 2. The molecule has 0 saturated carbocycles. The molecule has 0 heterocycles. The Bertz CT molecular complexity index is 590. The molecule has 98 valence electrons. The van der Waals surface area contributed by atoms with Gasteiger partial charge in [-0.25, -0.2) is 0 Å². The van der Waals surface area contributed by atoms with Crippen molar-refractivity contribution in [1.29, 1.82) is 5.41 Å². The van der Waals surface area contributed by atoms with E-state index in [0.29, 0.717) is 0 Å². The van der Waals surface area contributed by atoms with Gasteiger partial charge >= 0.3 is 0 Å². The molecule has 0 aliphatic carbocycles. The lowest BCUT2D eigenvalue weighted by Gasteiger charge is -2.27. The van der Waals surface area contributed by atoms with Crippen LogP contribution in [0, 0.1) is 12.3 Å². The first-order valence-corrected chi connectivity index (χ1v) is 6.41. The van der Waals surface area contributed by atoms with Crippen molar-refractivity contribution in [3.8, 4) is 0 Å². The molecule has 2 rings (SSSR count). The van der Waals surface area contributed by atoms with Crippen LogP contribution in [0.4, 0.5) is 11.4 Å². The SMILES string of the molecule is CCN(c1ccccc1C)c1ccccc1C(=N)N. The lowest BCUT2D eigenvalue weighted by molar-refractivity contribution is 1.01. The van der Waals surface area contributed by atoms with Gasteiger partial charge in [-0.15, -0.1) is 0 Å². The van der Waals surface area contributed by atoms with Gasteiger partial charge in [0.1, 0.15) is 5.84 Å². The van der Waals surface area contributed by atoms with Crippen LogP contribution in [-0.4, -0.2) is 12.4 Å². The Morgan fingerprint density at radius 1 is 1.05 bits per heavy atom. The molecule has 0 aliphatic heterocycles. The Balaban J connectivity index is 2.55. The average molecular weight is 253 g/mol. The Labute approximate surface area is 114 Å². The Kier molecular flexibility index (Phi) is 3.85. The molecule has 3 heteroatoms. The van der Waals surface area contributed by atoms with Crippen LogP contribution in [0.3, 0.4) is 0 Å². The zero-order valence-electron chi connectivity index (χ0n) is 11.4. The summed E-state index contributed by atoms with van der Waals surface area (Å²) in [5.41, 5.74) is 9.79. The van der Waals surface area contributed by atoms with Crippen molar-refractivity contribution in [3.05, 3.63) is 59.7 Å². The fraction of sp³-hybridized carbons (Fsp3) is 0.188. The number of nitrogens with one attached hydrogen (secondary N) is 1. The van der Waals surface area contributed by atoms with Crippen molar-refractivity contribution in [3.63, 3.8) is 0 Å². The maximum Gasteiger partial charge on any atom is 0.124 e. The first-order chi connectivity index (χ1) is 9.15. The van der Waals surface area contributed by atoms with E-state index in [2.05, 4.69) is 30.9 Å². The third-order valence-corrected chi connectivity index (χ3v) is 3.21. The van der Waals surface area contributed by atoms with Crippen molar-refractivity contribution >= 4 is 17.2 Å². The molecule has 0 aliphatic rings. The summed E-state index contributed by atoms with van der Waals surface area (Å²) in [7, 11) is 0. The molecular weight excluding hydrogens is 234 g/mol. The fourth-order valence-corrected chi connectivity index (χ4v) is 2.27. The number of nitrogens with two attached hydrogens (primary N) is 1. The van der Waals surface area contributed by atoms with E-state index in [1.807, 2.05) is 36.4 Å². The molecule has 0 atom stereocenters. The maximum atomic E-state index is 7.71. The summed E-state index contributed by atoms with van der Waals surface area (Å²) in [4.78, 5) is 2.19. The maximum absolute atomic E-state index is 7.71. The second-order valence-electron chi connectivity index (χ2n) is 4.46. The van der Waals surface area contributed by atoms with Crippen LogP contribution in [0.2, 0.25) is 0 Å². The lowest BCUT2D eigenvalue weighted by atomic mass is 10.1. The molecule has 3 N–H and O–H groups in total.